The molecule has 4 nitrogen and oxygen atoms in total. The van der Waals surface area contributed by atoms with Gasteiger partial charge in [0.1, 0.15) is 12.4 Å². The standard InChI is InChI=1S/C15H21N3O/c1-12-10-14(17)6-7-18(12)8-9-19-15-4-2-13(11-16)3-5-15/h2-5,12,14H,6-10,17H2,1H3. The summed E-state index contributed by atoms with van der Waals surface area (Å²) in [4.78, 5) is 2.42. The predicted molar refractivity (Wildman–Crippen MR) is 74.9 cm³/mol. The lowest BCUT2D eigenvalue weighted by molar-refractivity contribution is 0.123. The molecule has 1 fully saturated rings. The Hall–Kier alpha value is -1.57. The number of ether oxygens (including phenoxy) is 1. The molecule has 1 saturated heterocycles. The van der Waals surface area contributed by atoms with Crippen molar-refractivity contribution in [3.05, 3.63) is 29.8 Å². The number of hydrogen-bond acceptors (Lipinski definition) is 4. The third-order valence-corrected chi connectivity index (χ3v) is 3.68. The molecule has 2 unspecified atom stereocenters. The van der Waals surface area contributed by atoms with Gasteiger partial charge in [0.15, 0.2) is 0 Å². The maximum Gasteiger partial charge on any atom is 0.119 e. The normalized spacial score (nSPS) is 23.8. The fraction of sp³-hybridized carbons (Fsp3) is 0.533. The largest absolute Gasteiger partial charge is 0.492 e. The van der Waals surface area contributed by atoms with Crippen molar-refractivity contribution in [2.24, 2.45) is 5.73 Å². The van der Waals surface area contributed by atoms with Gasteiger partial charge < -0.3 is 10.5 Å². The summed E-state index contributed by atoms with van der Waals surface area (Å²) in [6.07, 6.45) is 2.14. The van der Waals surface area contributed by atoms with Crippen molar-refractivity contribution in [3.63, 3.8) is 0 Å². The van der Waals surface area contributed by atoms with E-state index in [2.05, 4.69) is 17.9 Å². The maximum atomic E-state index is 8.72. The van der Waals surface area contributed by atoms with Gasteiger partial charge in [-0.25, -0.2) is 0 Å². The van der Waals surface area contributed by atoms with Crippen LogP contribution in [0, 0.1) is 11.3 Å². The Morgan fingerprint density at radius 3 is 2.79 bits per heavy atom. The summed E-state index contributed by atoms with van der Waals surface area (Å²) >= 11 is 0. The average molecular weight is 259 g/mol. The van der Waals surface area contributed by atoms with E-state index in [1.807, 2.05) is 12.1 Å². The molecule has 0 aromatic heterocycles. The summed E-state index contributed by atoms with van der Waals surface area (Å²) in [7, 11) is 0. The first-order valence-electron chi connectivity index (χ1n) is 6.81. The molecule has 19 heavy (non-hydrogen) atoms. The van der Waals surface area contributed by atoms with Crippen molar-refractivity contribution in [2.45, 2.75) is 31.8 Å². The van der Waals surface area contributed by atoms with Crippen LogP contribution < -0.4 is 10.5 Å². The van der Waals surface area contributed by atoms with Gasteiger partial charge in [-0.1, -0.05) is 0 Å². The van der Waals surface area contributed by atoms with E-state index in [9.17, 15) is 0 Å². The van der Waals surface area contributed by atoms with E-state index >= 15 is 0 Å². The van der Waals surface area contributed by atoms with E-state index < -0.39 is 0 Å². The highest BCUT2D eigenvalue weighted by molar-refractivity contribution is 5.34. The van der Waals surface area contributed by atoms with Crippen LogP contribution in [-0.2, 0) is 0 Å². The Morgan fingerprint density at radius 1 is 1.42 bits per heavy atom. The minimum absolute atomic E-state index is 0.352. The SMILES string of the molecule is CC1CC(N)CCN1CCOc1ccc(C#N)cc1. The minimum atomic E-state index is 0.352. The monoisotopic (exact) mass is 259 g/mol. The lowest BCUT2D eigenvalue weighted by Gasteiger charge is -2.36. The number of likely N-dealkylation sites (tertiary alicyclic amines) is 1. The number of piperidine rings is 1. The van der Waals surface area contributed by atoms with Crippen molar-refractivity contribution in [3.8, 4) is 11.8 Å². The molecular weight excluding hydrogens is 238 g/mol. The molecule has 1 aliphatic rings. The molecule has 2 rings (SSSR count). The molecule has 0 saturated carbocycles. The quantitative estimate of drug-likeness (QED) is 0.894. The van der Waals surface area contributed by atoms with E-state index in [4.69, 9.17) is 15.7 Å². The summed E-state index contributed by atoms with van der Waals surface area (Å²) in [6, 6.07) is 10.2. The van der Waals surface area contributed by atoms with Crippen molar-refractivity contribution in [1.82, 2.24) is 4.90 Å². The van der Waals surface area contributed by atoms with Gasteiger partial charge in [-0.15, -0.1) is 0 Å². The van der Waals surface area contributed by atoms with E-state index in [1.165, 1.54) is 0 Å². The second-order valence-corrected chi connectivity index (χ2v) is 5.15. The van der Waals surface area contributed by atoms with Crippen LogP contribution in [0.5, 0.6) is 5.75 Å². The third kappa shape index (κ3) is 3.95. The molecule has 0 amide bonds. The number of hydrogen-bond donors (Lipinski definition) is 1. The van der Waals surface area contributed by atoms with Crippen LogP contribution in [0.25, 0.3) is 0 Å². The van der Waals surface area contributed by atoms with Crippen LogP contribution in [0.4, 0.5) is 0 Å². The molecule has 0 bridgehead atoms. The molecular formula is C15H21N3O. The fourth-order valence-electron chi connectivity index (χ4n) is 2.50. The van der Waals surface area contributed by atoms with Gasteiger partial charge in [0, 0.05) is 25.2 Å². The summed E-state index contributed by atoms with van der Waals surface area (Å²) in [6.45, 7) is 4.87. The van der Waals surface area contributed by atoms with Crippen LogP contribution in [0.1, 0.15) is 25.3 Å². The Kier molecular flexibility index (Phi) is 4.78. The first-order chi connectivity index (χ1) is 9.19. The molecule has 2 atom stereocenters. The lowest BCUT2D eigenvalue weighted by Crippen LogP contribution is -2.46. The molecule has 0 aliphatic carbocycles. The maximum absolute atomic E-state index is 8.72. The minimum Gasteiger partial charge on any atom is -0.492 e. The van der Waals surface area contributed by atoms with Crippen molar-refractivity contribution >= 4 is 0 Å². The van der Waals surface area contributed by atoms with Crippen LogP contribution in [0.3, 0.4) is 0 Å². The third-order valence-electron chi connectivity index (χ3n) is 3.68. The van der Waals surface area contributed by atoms with Gasteiger partial charge in [0.05, 0.1) is 11.6 Å². The summed E-state index contributed by atoms with van der Waals surface area (Å²) < 4.78 is 5.70. The highest BCUT2D eigenvalue weighted by atomic mass is 16.5. The number of rotatable bonds is 4. The van der Waals surface area contributed by atoms with E-state index in [1.54, 1.807) is 12.1 Å². The fourth-order valence-corrected chi connectivity index (χ4v) is 2.50. The topological polar surface area (TPSA) is 62.3 Å². The molecule has 102 valence electrons. The van der Waals surface area contributed by atoms with Crippen molar-refractivity contribution in [1.29, 1.82) is 5.26 Å². The molecule has 1 heterocycles. The van der Waals surface area contributed by atoms with Crippen LogP contribution >= 0.6 is 0 Å². The number of nitrogens with zero attached hydrogens (tertiary/aromatic N) is 2. The van der Waals surface area contributed by atoms with Crippen LogP contribution in [0.15, 0.2) is 24.3 Å². The average Bonchev–Trinajstić information content (AvgIpc) is 2.42. The number of nitrogens with two attached hydrogens (primary N) is 1. The molecule has 1 aromatic rings. The molecule has 4 heteroatoms. The van der Waals surface area contributed by atoms with Crippen molar-refractivity contribution < 1.29 is 4.74 Å². The zero-order valence-electron chi connectivity index (χ0n) is 11.4. The number of benzene rings is 1. The van der Waals surface area contributed by atoms with E-state index in [0.29, 0.717) is 24.3 Å². The molecule has 0 spiro atoms. The zero-order valence-corrected chi connectivity index (χ0v) is 11.4. The lowest BCUT2D eigenvalue weighted by atomic mass is 9.99. The van der Waals surface area contributed by atoms with E-state index in [-0.39, 0.29) is 0 Å². The van der Waals surface area contributed by atoms with Gasteiger partial charge in [-0.2, -0.15) is 5.26 Å². The molecule has 0 radical (unpaired) electrons. The zero-order chi connectivity index (χ0) is 13.7. The summed E-state index contributed by atoms with van der Waals surface area (Å²) in [5.41, 5.74) is 6.61. The van der Waals surface area contributed by atoms with Crippen molar-refractivity contribution in [2.75, 3.05) is 19.7 Å². The Bertz CT molecular complexity index is 438. The van der Waals surface area contributed by atoms with Gasteiger partial charge in [0.25, 0.3) is 0 Å². The first-order valence-corrected chi connectivity index (χ1v) is 6.81. The Labute approximate surface area is 114 Å². The predicted octanol–water partition coefficient (Wildman–Crippen LogP) is 1.75. The van der Waals surface area contributed by atoms with Gasteiger partial charge in [-0.05, 0) is 44.0 Å². The summed E-state index contributed by atoms with van der Waals surface area (Å²) in [5, 5.41) is 8.72. The van der Waals surface area contributed by atoms with Gasteiger partial charge >= 0.3 is 0 Å². The molecule has 2 N–H and O–H groups in total. The second-order valence-electron chi connectivity index (χ2n) is 5.15. The van der Waals surface area contributed by atoms with Gasteiger partial charge in [-0.3, -0.25) is 4.90 Å². The number of nitriles is 1. The molecule has 1 aliphatic heterocycles. The van der Waals surface area contributed by atoms with E-state index in [0.717, 1.165) is 31.7 Å². The van der Waals surface area contributed by atoms with Crippen LogP contribution in [-0.4, -0.2) is 36.7 Å². The molecule has 1 aromatic carbocycles. The Balaban J connectivity index is 1.75. The van der Waals surface area contributed by atoms with Gasteiger partial charge in [0.2, 0.25) is 0 Å². The highest BCUT2D eigenvalue weighted by Gasteiger charge is 2.22. The van der Waals surface area contributed by atoms with Crippen LogP contribution in [0.2, 0.25) is 0 Å². The Morgan fingerprint density at radius 2 is 2.16 bits per heavy atom. The smallest absolute Gasteiger partial charge is 0.119 e. The summed E-state index contributed by atoms with van der Waals surface area (Å²) in [5.74, 6) is 0.820. The second kappa shape index (κ2) is 6.55. The first kappa shape index (κ1) is 13.9. The highest BCUT2D eigenvalue weighted by Crippen LogP contribution is 2.16.